The van der Waals surface area contributed by atoms with Crippen molar-refractivity contribution in [1.82, 2.24) is 5.32 Å². The Labute approximate surface area is 102 Å². The first-order valence-corrected chi connectivity index (χ1v) is 6.02. The molecule has 0 spiro atoms. The molecule has 1 aliphatic heterocycles. The van der Waals surface area contributed by atoms with Crippen molar-refractivity contribution >= 4 is 0 Å². The van der Waals surface area contributed by atoms with Crippen LogP contribution in [0.3, 0.4) is 0 Å². The molecule has 1 aliphatic rings. The van der Waals surface area contributed by atoms with E-state index in [0.29, 0.717) is 12.4 Å². The van der Waals surface area contributed by atoms with E-state index in [4.69, 9.17) is 14.2 Å². The maximum Gasteiger partial charge on any atom is 0.203 e. The maximum atomic E-state index is 5.92. The van der Waals surface area contributed by atoms with Gasteiger partial charge in [0, 0.05) is 6.54 Å². The molecule has 94 valence electrons. The highest BCUT2D eigenvalue weighted by Gasteiger charge is 2.19. The summed E-state index contributed by atoms with van der Waals surface area (Å²) >= 11 is 0. The van der Waals surface area contributed by atoms with Crippen molar-refractivity contribution in [2.45, 2.75) is 19.4 Å². The lowest BCUT2D eigenvalue weighted by atomic mass is 10.2. The Morgan fingerprint density at radius 3 is 2.82 bits per heavy atom. The molecule has 1 unspecified atom stereocenters. The molecule has 17 heavy (non-hydrogen) atoms. The standard InChI is InChI=1S/C13H19NO3/c1-3-16-11-5-4-6-12(13(11)15-2)17-10-7-8-14-9-10/h4-6,10,14H,3,7-9H2,1-2H3. The van der Waals surface area contributed by atoms with Crippen molar-refractivity contribution < 1.29 is 14.2 Å². The fourth-order valence-electron chi connectivity index (χ4n) is 1.97. The van der Waals surface area contributed by atoms with Crippen LogP contribution in [0.4, 0.5) is 0 Å². The van der Waals surface area contributed by atoms with Crippen molar-refractivity contribution in [2.75, 3.05) is 26.8 Å². The summed E-state index contributed by atoms with van der Waals surface area (Å²) in [6, 6.07) is 5.73. The molecule has 0 aromatic heterocycles. The summed E-state index contributed by atoms with van der Waals surface area (Å²) in [5.74, 6) is 2.17. The van der Waals surface area contributed by atoms with Gasteiger partial charge in [0.1, 0.15) is 6.10 Å². The minimum atomic E-state index is 0.223. The second-order valence-electron chi connectivity index (χ2n) is 3.95. The SMILES string of the molecule is CCOc1cccc(OC2CCNC2)c1OC. The average Bonchev–Trinajstić information content (AvgIpc) is 2.83. The van der Waals surface area contributed by atoms with Crippen LogP contribution < -0.4 is 19.5 Å². The molecule has 0 bridgehead atoms. The van der Waals surface area contributed by atoms with E-state index in [-0.39, 0.29) is 6.10 Å². The summed E-state index contributed by atoms with van der Waals surface area (Å²) < 4.78 is 16.8. The zero-order valence-electron chi connectivity index (χ0n) is 10.4. The van der Waals surface area contributed by atoms with E-state index in [0.717, 1.165) is 31.0 Å². The second-order valence-corrected chi connectivity index (χ2v) is 3.95. The van der Waals surface area contributed by atoms with Gasteiger partial charge in [0.05, 0.1) is 13.7 Å². The molecule has 0 amide bonds. The Kier molecular flexibility index (Phi) is 4.09. The molecule has 1 aromatic rings. The zero-order valence-corrected chi connectivity index (χ0v) is 10.4. The highest BCUT2D eigenvalue weighted by atomic mass is 16.5. The number of rotatable bonds is 5. The lowest BCUT2D eigenvalue weighted by Crippen LogP contribution is -2.19. The summed E-state index contributed by atoms with van der Waals surface area (Å²) in [5, 5.41) is 3.27. The molecule has 1 saturated heterocycles. The highest BCUT2D eigenvalue weighted by molar-refractivity contribution is 5.51. The Bertz CT molecular complexity index is 362. The number of methoxy groups -OCH3 is 1. The number of hydrogen-bond acceptors (Lipinski definition) is 4. The Balaban J connectivity index is 2.16. The maximum absolute atomic E-state index is 5.92. The zero-order chi connectivity index (χ0) is 12.1. The van der Waals surface area contributed by atoms with Gasteiger partial charge in [-0.2, -0.15) is 0 Å². The summed E-state index contributed by atoms with van der Waals surface area (Å²) in [6.45, 7) is 4.47. The van der Waals surface area contributed by atoms with E-state index in [9.17, 15) is 0 Å². The van der Waals surface area contributed by atoms with E-state index >= 15 is 0 Å². The van der Waals surface area contributed by atoms with Crippen molar-refractivity contribution in [3.8, 4) is 17.2 Å². The number of benzene rings is 1. The number of para-hydroxylation sites is 1. The van der Waals surface area contributed by atoms with Gasteiger partial charge < -0.3 is 19.5 Å². The summed E-state index contributed by atoms with van der Waals surface area (Å²) in [4.78, 5) is 0. The van der Waals surface area contributed by atoms with Gasteiger partial charge in [0.2, 0.25) is 5.75 Å². The van der Waals surface area contributed by atoms with E-state index in [1.54, 1.807) is 7.11 Å². The molecule has 1 N–H and O–H groups in total. The lowest BCUT2D eigenvalue weighted by molar-refractivity contribution is 0.208. The quantitative estimate of drug-likeness (QED) is 0.848. The first-order chi connectivity index (χ1) is 8.35. The third-order valence-electron chi connectivity index (χ3n) is 2.76. The van der Waals surface area contributed by atoms with Crippen LogP contribution in [0.15, 0.2) is 18.2 Å². The Morgan fingerprint density at radius 1 is 1.35 bits per heavy atom. The summed E-state index contributed by atoms with van der Waals surface area (Å²) in [7, 11) is 1.64. The van der Waals surface area contributed by atoms with Crippen LogP contribution in [0, 0.1) is 0 Å². The van der Waals surface area contributed by atoms with E-state index < -0.39 is 0 Å². The third-order valence-corrected chi connectivity index (χ3v) is 2.76. The molecule has 1 atom stereocenters. The van der Waals surface area contributed by atoms with E-state index in [2.05, 4.69) is 5.32 Å². The van der Waals surface area contributed by atoms with Crippen LogP contribution in [-0.4, -0.2) is 32.9 Å². The predicted molar refractivity (Wildman–Crippen MR) is 66.1 cm³/mol. The molecule has 4 nitrogen and oxygen atoms in total. The molecule has 4 heteroatoms. The van der Waals surface area contributed by atoms with Gasteiger partial charge in [-0.25, -0.2) is 0 Å². The molecular formula is C13H19NO3. The van der Waals surface area contributed by atoms with Gasteiger partial charge in [0.25, 0.3) is 0 Å². The van der Waals surface area contributed by atoms with E-state index in [1.807, 2.05) is 25.1 Å². The Hall–Kier alpha value is -1.42. The molecular weight excluding hydrogens is 218 g/mol. The van der Waals surface area contributed by atoms with Crippen molar-refractivity contribution in [3.05, 3.63) is 18.2 Å². The lowest BCUT2D eigenvalue weighted by Gasteiger charge is -2.17. The molecule has 0 aliphatic carbocycles. The minimum absolute atomic E-state index is 0.223. The first kappa shape index (κ1) is 12.0. The van der Waals surface area contributed by atoms with Crippen LogP contribution >= 0.6 is 0 Å². The van der Waals surface area contributed by atoms with Gasteiger partial charge >= 0.3 is 0 Å². The molecule has 1 aromatic carbocycles. The van der Waals surface area contributed by atoms with Crippen LogP contribution in [0.2, 0.25) is 0 Å². The number of nitrogens with one attached hydrogen (secondary N) is 1. The summed E-state index contributed by atoms with van der Waals surface area (Å²) in [5.41, 5.74) is 0. The van der Waals surface area contributed by atoms with E-state index in [1.165, 1.54) is 0 Å². The van der Waals surface area contributed by atoms with Crippen molar-refractivity contribution in [3.63, 3.8) is 0 Å². The predicted octanol–water partition coefficient (Wildman–Crippen LogP) is 1.83. The first-order valence-electron chi connectivity index (χ1n) is 6.02. The van der Waals surface area contributed by atoms with Gasteiger partial charge in [-0.3, -0.25) is 0 Å². The van der Waals surface area contributed by atoms with Crippen molar-refractivity contribution in [1.29, 1.82) is 0 Å². The van der Waals surface area contributed by atoms with Gasteiger partial charge in [-0.05, 0) is 32.0 Å². The summed E-state index contributed by atoms with van der Waals surface area (Å²) in [6.07, 6.45) is 1.25. The highest BCUT2D eigenvalue weighted by Crippen LogP contribution is 2.37. The van der Waals surface area contributed by atoms with Crippen LogP contribution in [-0.2, 0) is 0 Å². The largest absolute Gasteiger partial charge is 0.490 e. The van der Waals surface area contributed by atoms with Crippen LogP contribution in [0.5, 0.6) is 17.2 Å². The number of ether oxygens (including phenoxy) is 3. The fourth-order valence-corrected chi connectivity index (χ4v) is 1.97. The van der Waals surface area contributed by atoms with Crippen LogP contribution in [0.25, 0.3) is 0 Å². The van der Waals surface area contributed by atoms with Gasteiger partial charge in [-0.15, -0.1) is 0 Å². The van der Waals surface area contributed by atoms with Gasteiger partial charge in [-0.1, -0.05) is 6.07 Å². The molecule has 2 rings (SSSR count). The average molecular weight is 237 g/mol. The normalized spacial score (nSPS) is 19.1. The Morgan fingerprint density at radius 2 is 2.18 bits per heavy atom. The van der Waals surface area contributed by atoms with Crippen LogP contribution in [0.1, 0.15) is 13.3 Å². The van der Waals surface area contributed by atoms with Gasteiger partial charge in [0.15, 0.2) is 11.5 Å². The second kappa shape index (κ2) is 5.77. The minimum Gasteiger partial charge on any atom is -0.490 e. The fraction of sp³-hybridized carbons (Fsp3) is 0.538. The number of hydrogen-bond donors (Lipinski definition) is 1. The van der Waals surface area contributed by atoms with Crippen molar-refractivity contribution in [2.24, 2.45) is 0 Å². The molecule has 1 fully saturated rings. The molecule has 1 heterocycles. The third kappa shape index (κ3) is 2.82. The topological polar surface area (TPSA) is 39.7 Å². The molecule has 0 saturated carbocycles. The smallest absolute Gasteiger partial charge is 0.203 e. The molecule has 0 radical (unpaired) electrons. The monoisotopic (exact) mass is 237 g/mol.